The van der Waals surface area contributed by atoms with Crippen LogP contribution in [0.4, 0.5) is 11.4 Å². The van der Waals surface area contributed by atoms with Crippen LogP contribution in [0.15, 0.2) is 48.5 Å². The molecule has 0 bridgehead atoms. The smallest absolute Gasteiger partial charge is 0.253 e. The van der Waals surface area contributed by atoms with E-state index in [1.165, 1.54) is 13.0 Å². The fourth-order valence-electron chi connectivity index (χ4n) is 2.22. The summed E-state index contributed by atoms with van der Waals surface area (Å²) in [7, 11) is 0. The molecule has 29 heavy (non-hydrogen) atoms. The molecule has 11 heteroatoms. The van der Waals surface area contributed by atoms with Crippen LogP contribution in [0, 0.1) is 0 Å². The Morgan fingerprint density at radius 1 is 0.966 bits per heavy atom. The Morgan fingerprint density at radius 2 is 1.59 bits per heavy atom. The fourth-order valence-corrected chi connectivity index (χ4v) is 2.97. The third-order valence-corrected chi connectivity index (χ3v) is 4.52. The molecule has 0 aliphatic heterocycles. The van der Waals surface area contributed by atoms with Gasteiger partial charge in [0.1, 0.15) is 6.17 Å². The van der Waals surface area contributed by atoms with E-state index in [-0.39, 0.29) is 11.0 Å². The van der Waals surface area contributed by atoms with Crippen LogP contribution in [0.25, 0.3) is 0 Å². The van der Waals surface area contributed by atoms with E-state index in [9.17, 15) is 9.59 Å². The van der Waals surface area contributed by atoms with Crippen molar-refractivity contribution in [3.05, 3.63) is 59.1 Å². The highest BCUT2D eigenvalue weighted by Gasteiger charge is 2.35. The van der Waals surface area contributed by atoms with Crippen molar-refractivity contribution in [1.29, 1.82) is 0 Å². The van der Waals surface area contributed by atoms with Crippen LogP contribution in [-0.2, 0) is 4.79 Å². The van der Waals surface area contributed by atoms with Crippen molar-refractivity contribution in [3.8, 4) is 0 Å². The van der Waals surface area contributed by atoms with Gasteiger partial charge in [-0.25, -0.2) is 0 Å². The Morgan fingerprint density at radius 3 is 2.17 bits per heavy atom. The number of rotatable bonds is 5. The van der Waals surface area contributed by atoms with Gasteiger partial charge in [-0.2, -0.15) is 0 Å². The Hall–Kier alpha value is -1.77. The average Bonchev–Trinajstić information content (AvgIpc) is 2.60. The summed E-state index contributed by atoms with van der Waals surface area (Å²) >= 11 is 29.1. The summed E-state index contributed by atoms with van der Waals surface area (Å²) in [5.74, 6) is -0.713. The van der Waals surface area contributed by atoms with Crippen molar-refractivity contribution in [1.82, 2.24) is 10.6 Å². The third kappa shape index (κ3) is 7.87. The molecule has 0 spiro atoms. The van der Waals surface area contributed by atoms with Crippen molar-refractivity contribution in [2.24, 2.45) is 0 Å². The third-order valence-electron chi connectivity index (χ3n) is 3.41. The van der Waals surface area contributed by atoms with E-state index in [0.29, 0.717) is 22.0 Å². The predicted octanol–water partition coefficient (Wildman–Crippen LogP) is 4.71. The molecule has 0 saturated heterocycles. The largest absolute Gasteiger partial charge is 0.339 e. The summed E-state index contributed by atoms with van der Waals surface area (Å²) in [5.41, 5.74) is 1.45. The van der Waals surface area contributed by atoms with Crippen LogP contribution >= 0.6 is 58.6 Å². The van der Waals surface area contributed by atoms with Crippen LogP contribution in [0.2, 0.25) is 5.02 Å². The summed E-state index contributed by atoms with van der Waals surface area (Å²) in [6, 6.07) is 13.2. The van der Waals surface area contributed by atoms with Gasteiger partial charge in [0.2, 0.25) is 9.70 Å². The number of nitrogens with one attached hydrogen (secondary N) is 4. The molecule has 2 amide bonds. The minimum atomic E-state index is -1.90. The topological polar surface area (TPSA) is 82.3 Å². The molecule has 2 aromatic carbocycles. The number of halogens is 4. The van der Waals surface area contributed by atoms with E-state index < -0.39 is 15.9 Å². The number of carbonyl (C=O) groups is 2. The summed E-state index contributed by atoms with van der Waals surface area (Å²) in [5, 5.41) is 11.4. The fraction of sp³-hybridized carbons (Fsp3) is 0.167. The lowest BCUT2D eigenvalue weighted by atomic mass is 10.2. The zero-order chi connectivity index (χ0) is 21.6. The summed E-state index contributed by atoms with van der Waals surface area (Å²) < 4.78 is -1.90. The molecule has 6 nitrogen and oxygen atoms in total. The molecular formula is C18H16Cl4N4O2S. The van der Waals surface area contributed by atoms with Gasteiger partial charge in [-0.3, -0.25) is 9.59 Å². The summed E-state index contributed by atoms with van der Waals surface area (Å²) in [6.45, 7) is 1.40. The second-order valence-corrected chi connectivity index (χ2v) is 9.03. The number of amides is 2. The molecule has 0 radical (unpaired) electrons. The van der Waals surface area contributed by atoms with E-state index in [4.69, 9.17) is 58.6 Å². The maximum Gasteiger partial charge on any atom is 0.253 e. The van der Waals surface area contributed by atoms with Crippen molar-refractivity contribution in [2.45, 2.75) is 16.9 Å². The maximum atomic E-state index is 12.5. The molecule has 0 aliphatic carbocycles. The van der Waals surface area contributed by atoms with E-state index in [1.54, 1.807) is 42.5 Å². The molecule has 1 unspecified atom stereocenters. The minimum Gasteiger partial charge on any atom is -0.339 e. The van der Waals surface area contributed by atoms with Gasteiger partial charge in [-0.05, 0) is 48.6 Å². The van der Waals surface area contributed by atoms with E-state index >= 15 is 0 Å². The zero-order valence-corrected chi connectivity index (χ0v) is 18.8. The SMILES string of the molecule is CC(=O)Nc1cccc(NC(=S)NC(NC(=O)c2cccc(Cl)c2)C(Cl)(Cl)Cl)c1. The highest BCUT2D eigenvalue weighted by Crippen LogP contribution is 2.29. The van der Waals surface area contributed by atoms with E-state index in [0.717, 1.165) is 0 Å². The van der Waals surface area contributed by atoms with Gasteiger partial charge in [-0.15, -0.1) is 0 Å². The normalized spacial score (nSPS) is 11.9. The molecule has 4 N–H and O–H groups in total. The number of benzene rings is 2. The van der Waals surface area contributed by atoms with Crippen LogP contribution in [0.3, 0.4) is 0 Å². The number of hydrogen-bond acceptors (Lipinski definition) is 3. The first-order valence-electron chi connectivity index (χ1n) is 8.13. The average molecular weight is 494 g/mol. The molecule has 1 atom stereocenters. The molecule has 2 aromatic rings. The first-order valence-corrected chi connectivity index (χ1v) is 10.0. The van der Waals surface area contributed by atoms with E-state index in [1.807, 2.05) is 0 Å². The Balaban J connectivity index is 2.07. The maximum absolute atomic E-state index is 12.5. The van der Waals surface area contributed by atoms with Crippen molar-refractivity contribution in [3.63, 3.8) is 0 Å². The van der Waals surface area contributed by atoms with Gasteiger partial charge >= 0.3 is 0 Å². The van der Waals surface area contributed by atoms with Crippen LogP contribution in [0.5, 0.6) is 0 Å². The standard InChI is InChI=1S/C18H16Cl4N4O2S/c1-10(27)23-13-6-3-7-14(9-13)24-17(29)26-16(18(20,21)22)25-15(28)11-4-2-5-12(19)8-11/h2-9,16H,1H3,(H,23,27)(H,25,28)(H2,24,26,29). The molecule has 0 saturated carbocycles. The molecule has 0 aromatic heterocycles. The Kier molecular flexibility index (Phi) is 8.36. The lowest BCUT2D eigenvalue weighted by molar-refractivity contribution is -0.114. The van der Waals surface area contributed by atoms with Crippen molar-refractivity contribution < 1.29 is 9.59 Å². The Bertz CT molecular complexity index is 921. The van der Waals surface area contributed by atoms with Gasteiger partial charge in [0.05, 0.1) is 0 Å². The predicted molar refractivity (Wildman–Crippen MR) is 123 cm³/mol. The summed E-state index contributed by atoms with van der Waals surface area (Å²) in [6.07, 6.45) is -1.14. The van der Waals surface area contributed by atoms with Crippen LogP contribution < -0.4 is 21.3 Å². The number of thiocarbonyl (C=S) groups is 1. The molecular weight excluding hydrogens is 478 g/mol. The number of alkyl halides is 3. The number of anilines is 2. The van der Waals surface area contributed by atoms with Gasteiger partial charge in [0.15, 0.2) is 5.11 Å². The molecule has 0 aliphatic rings. The van der Waals surface area contributed by atoms with Gasteiger partial charge in [0, 0.05) is 28.9 Å². The van der Waals surface area contributed by atoms with Crippen molar-refractivity contribution >= 4 is 86.9 Å². The first-order chi connectivity index (χ1) is 13.5. The zero-order valence-electron chi connectivity index (χ0n) is 14.9. The number of hydrogen-bond donors (Lipinski definition) is 4. The van der Waals surface area contributed by atoms with Crippen LogP contribution in [-0.4, -0.2) is 26.9 Å². The van der Waals surface area contributed by atoms with Gasteiger partial charge in [-0.1, -0.05) is 58.5 Å². The highest BCUT2D eigenvalue weighted by atomic mass is 35.6. The highest BCUT2D eigenvalue weighted by molar-refractivity contribution is 7.80. The lowest BCUT2D eigenvalue weighted by Gasteiger charge is -2.28. The molecule has 2 rings (SSSR count). The molecule has 0 heterocycles. The number of carbonyl (C=O) groups excluding carboxylic acids is 2. The van der Waals surface area contributed by atoms with Gasteiger partial charge in [0.25, 0.3) is 5.91 Å². The molecule has 0 fully saturated rings. The second kappa shape index (κ2) is 10.3. The van der Waals surface area contributed by atoms with Gasteiger partial charge < -0.3 is 21.3 Å². The minimum absolute atomic E-state index is 0.0905. The van der Waals surface area contributed by atoms with Crippen molar-refractivity contribution in [2.75, 3.05) is 10.6 Å². The molecule has 154 valence electrons. The van der Waals surface area contributed by atoms with E-state index in [2.05, 4.69) is 21.3 Å². The second-order valence-electron chi connectivity index (χ2n) is 5.82. The quantitative estimate of drug-likeness (QED) is 0.275. The first kappa shape index (κ1) is 23.5. The van der Waals surface area contributed by atoms with Crippen LogP contribution in [0.1, 0.15) is 17.3 Å². The summed E-state index contributed by atoms with van der Waals surface area (Å²) in [4.78, 5) is 23.6. The Labute approximate surface area is 193 Å². The monoisotopic (exact) mass is 492 g/mol. The lowest BCUT2D eigenvalue weighted by Crippen LogP contribution is -2.56.